The molecule has 0 radical (unpaired) electrons. The summed E-state index contributed by atoms with van der Waals surface area (Å²) in [6.45, 7) is 2.53. The summed E-state index contributed by atoms with van der Waals surface area (Å²) in [6, 6.07) is 9.43. The van der Waals surface area contributed by atoms with Crippen LogP contribution in [-0.2, 0) is 0 Å². The number of hydrogen-bond donors (Lipinski definition) is 1. The number of carbonyl (C=O) groups is 2. The van der Waals surface area contributed by atoms with Crippen molar-refractivity contribution in [2.45, 2.75) is 6.42 Å². The minimum atomic E-state index is -0.397. The molecule has 2 aliphatic rings. The fraction of sp³-hybridized carbons (Fsp3) is 0.368. The molecule has 3 heterocycles. The highest BCUT2D eigenvalue weighted by molar-refractivity contribution is 5.94. The van der Waals surface area contributed by atoms with Gasteiger partial charge in [-0.1, -0.05) is 6.07 Å². The second kappa shape index (κ2) is 6.35. The first-order chi connectivity index (χ1) is 12.1. The van der Waals surface area contributed by atoms with Crippen LogP contribution < -0.4 is 0 Å². The van der Waals surface area contributed by atoms with Gasteiger partial charge in [0.25, 0.3) is 11.8 Å². The van der Waals surface area contributed by atoms with Crippen LogP contribution in [0, 0.1) is 17.7 Å². The number of nitrogens with one attached hydrogen (secondary N) is 1. The minimum absolute atomic E-state index is 0.0182. The van der Waals surface area contributed by atoms with Crippen LogP contribution in [-0.4, -0.2) is 52.8 Å². The Morgan fingerprint density at radius 2 is 1.64 bits per heavy atom. The summed E-state index contributed by atoms with van der Waals surface area (Å²) in [5.41, 5.74) is 0.993. The van der Waals surface area contributed by atoms with Gasteiger partial charge < -0.3 is 14.8 Å². The van der Waals surface area contributed by atoms with Crippen LogP contribution in [0.15, 0.2) is 42.6 Å². The van der Waals surface area contributed by atoms with Crippen LogP contribution in [0.4, 0.5) is 4.39 Å². The van der Waals surface area contributed by atoms with E-state index < -0.39 is 5.82 Å². The van der Waals surface area contributed by atoms with E-state index in [1.54, 1.807) is 24.4 Å². The Labute approximate surface area is 145 Å². The van der Waals surface area contributed by atoms with Crippen molar-refractivity contribution in [3.63, 3.8) is 0 Å². The average molecular weight is 341 g/mol. The monoisotopic (exact) mass is 341 g/mol. The van der Waals surface area contributed by atoms with E-state index in [-0.39, 0.29) is 23.7 Å². The van der Waals surface area contributed by atoms with Crippen molar-refractivity contribution in [3.8, 4) is 0 Å². The summed E-state index contributed by atoms with van der Waals surface area (Å²) in [6.07, 6.45) is 2.78. The molecule has 4 rings (SSSR count). The first kappa shape index (κ1) is 15.9. The molecule has 2 aliphatic heterocycles. The van der Waals surface area contributed by atoms with E-state index in [0.29, 0.717) is 37.4 Å². The van der Waals surface area contributed by atoms with Gasteiger partial charge in [-0.05, 0) is 48.6 Å². The zero-order valence-corrected chi connectivity index (χ0v) is 13.8. The molecule has 1 aromatic carbocycles. The molecular formula is C19H20FN3O2. The lowest BCUT2D eigenvalue weighted by atomic mass is 9.84. The zero-order valence-electron chi connectivity index (χ0n) is 13.8. The highest BCUT2D eigenvalue weighted by Crippen LogP contribution is 2.30. The molecular weight excluding hydrogens is 321 g/mol. The summed E-state index contributed by atoms with van der Waals surface area (Å²) in [5.74, 6) is 0.0292. The van der Waals surface area contributed by atoms with Crippen LogP contribution >= 0.6 is 0 Å². The largest absolute Gasteiger partial charge is 0.357 e. The number of rotatable bonds is 2. The molecule has 2 fully saturated rings. The fourth-order valence-electron chi connectivity index (χ4n) is 4.05. The number of aromatic amines is 1. The Bertz CT molecular complexity index is 776. The van der Waals surface area contributed by atoms with Crippen molar-refractivity contribution in [3.05, 3.63) is 59.7 Å². The summed E-state index contributed by atoms with van der Waals surface area (Å²) >= 11 is 0. The maximum absolute atomic E-state index is 13.4. The van der Waals surface area contributed by atoms with Crippen molar-refractivity contribution < 1.29 is 14.0 Å². The van der Waals surface area contributed by atoms with Crippen LogP contribution in [0.3, 0.4) is 0 Å². The van der Waals surface area contributed by atoms with Gasteiger partial charge in [-0.15, -0.1) is 0 Å². The predicted molar refractivity (Wildman–Crippen MR) is 90.6 cm³/mol. The van der Waals surface area contributed by atoms with E-state index in [2.05, 4.69) is 4.98 Å². The fourth-order valence-corrected chi connectivity index (χ4v) is 4.05. The van der Waals surface area contributed by atoms with Gasteiger partial charge in [0.1, 0.15) is 11.5 Å². The van der Waals surface area contributed by atoms with E-state index in [0.717, 1.165) is 6.42 Å². The number of hydrogen-bond acceptors (Lipinski definition) is 2. The maximum atomic E-state index is 13.4. The molecule has 2 saturated heterocycles. The molecule has 0 spiro atoms. The third-order valence-corrected chi connectivity index (χ3v) is 5.06. The van der Waals surface area contributed by atoms with Crippen molar-refractivity contribution in [1.29, 1.82) is 0 Å². The van der Waals surface area contributed by atoms with Gasteiger partial charge in [-0.3, -0.25) is 9.59 Å². The number of amides is 2. The molecule has 130 valence electrons. The number of H-pyrrole nitrogens is 1. The van der Waals surface area contributed by atoms with Gasteiger partial charge >= 0.3 is 0 Å². The highest BCUT2D eigenvalue weighted by atomic mass is 19.1. The predicted octanol–water partition coefficient (Wildman–Crippen LogP) is 2.39. The molecule has 2 amide bonds. The molecule has 1 N–H and O–H groups in total. The maximum Gasteiger partial charge on any atom is 0.270 e. The van der Waals surface area contributed by atoms with Gasteiger partial charge in [0.2, 0.25) is 0 Å². The third-order valence-electron chi connectivity index (χ3n) is 5.06. The van der Waals surface area contributed by atoms with E-state index in [1.165, 1.54) is 12.1 Å². The first-order valence-electron chi connectivity index (χ1n) is 8.57. The second-order valence-corrected chi connectivity index (χ2v) is 6.98. The lowest BCUT2D eigenvalue weighted by Gasteiger charge is -2.45. The van der Waals surface area contributed by atoms with Crippen LogP contribution in [0.5, 0.6) is 0 Å². The molecule has 2 atom stereocenters. The van der Waals surface area contributed by atoms with Crippen molar-refractivity contribution >= 4 is 11.8 Å². The van der Waals surface area contributed by atoms with Gasteiger partial charge in [0.05, 0.1) is 0 Å². The Kier molecular flexibility index (Phi) is 4.03. The summed E-state index contributed by atoms with van der Waals surface area (Å²) in [5, 5.41) is 0. The SMILES string of the molecule is O=C(c1cccc(F)c1)N1CC2CC(C1)CN(C(=O)c1ccc[nH]1)C2. The molecule has 25 heavy (non-hydrogen) atoms. The molecule has 2 bridgehead atoms. The molecule has 6 heteroatoms. The topological polar surface area (TPSA) is 56.4 Å². The van der Waals surface area contributed by atoms with E-state index >= 15 is 0 Å². The Balaban J connectivity index is 1.45. The third kappa shape index (κ3) is 3.16. The van der Waals surface area contributed by atoms with Crippen LogP contribution in [0.1, 0.15) is 27.3 Å². The number of halogens is 1. The highest BCUT2D eigenvalue weighted by Gasteiger charge is 2.38. The minimum Gasteiger partial charge on any atom is -0.357 e. The number of carbonyl (C=O) groups excluding carboxylic acids is 2. The zero-order chi connectivity index (χ0) is 17.4. The van der Waals surface area contributed by atoms with E-state index in [1.807, 2.05) is 15.9 Å². The quantitative estimate of drug-likeness (QED) is 0.912. The van der Waals surface area contributed by atoms with Gasteiger partial charge in [-0.2, -0.15) is 0 Å². The molecule has 5 nitrogen and oxygen atoms in total. The van der Waals surface area contributed by atoms with E-state index in [9.17, 15) is 14.0 Å². The normalized spacial score (nSPS) is 22.8. The summed E-state index contributed by atoms with van der Waals surface area (Å²) < 4.78 is 13.4. The van der Waals surface area contributed by atoms with Gasteiger partial charge in [-0.25, -0.2) is 4.39 Å². The first-order valence-corrected chi connectivity index (χ1v) is 8.57. The molecule has 1 aromatic heterocycles. The smallest absolute Gasteiger partial charge is 0.270 e. The van der Waals surface area contributed by atoms with Crippen molar-refractivity contribution in [2.75, 3.05) is 26.2 Å². The number of aromatic nitrogens is 1. The number of fused-ring (bicyclic) bond motifs is 2. The van der Waals surface area contributed by atoms with Crippen molar-refractivity contribution in [1.82, 2.24) is 14.8 Å². The van der Waals surface area contributed by atoms with Crippen LogP contribution in [0.2, 0.25) is 0 Å². The molecule has 0 aliphatic carbocycles. The number of nitrogens with zero attached hydrogens (tertiary/aromatic N) is 2. The van der Waals surface area contributed by atoms with Crippen LogP contribution in [0.25, 0.3) is 0 Å². The average Bonchev–Trinajstić information content (AvgIpc) is 3.14. The molecule has 2 unspecified atom stereocenters. The van der Waals surface area contributed by atoms with E-state index in [4.69, 9.17) is 0 Å². The van der Waals surface area contributed by atoms with Crippen molar-refractivity contribution in [2.24, 2.45) is 11.8 Å². The second-order valence-electron chi connectivity index (χ2n) is 6.98. The Morgan fingerprint density at radius 3 is 2.24 bits per heavy atom. The number of benzene rings is 1. The lowest BCUT2D eigenvalue weighted by Crippen LogP contribution is -2.55. The van der Waals surface area contributed by atoms with Gasteiger partial charge in [0, 0.05) is 37.9 Å². The standard InChI is InChI=1S/C19H20FN3O2/c20-16-4-1-3-15(8-16)18(24)22-9-13-7-14(10-22)12-23(11-13)19(25)17-5-2-6-21-17/h1-6,8,13-14,21H,7,9-12H2. The Hall–Kier alpha value is -2.63. The number of likely N-dealkylation sites (tertiary alicyclic amines) is 2. The Morgan fingerprint density at radius 1 is 0.960 bits per heavy atom. The lowest BCUT2D eigenvalue weighted by molar-refractivity contribution is 0.0238. The molecule has 2 aromatic rings. The number of piperidine rings is 2. The molecule has 0 saturated carbocycles. The summed E-state index contributed by atoms with van der Waals surface area (Å²) in [4.78, 5) is 31.9. The van der Waals surface area contributed by atoms with Gasteiger partial charge in [0.15, 0.2) is 0 Å². The summed E-state index contributed by atoms with van der Waals surface area (Å²) in [7, 11) is 0.